The van der Waals surface area contributed by atoms with Crippen molar-refractivity contribution in [3.05, 3.63) is 29.8 Å². The molecule has 1 unspecified atom stereocenters. The molecule has 2 heterocycles. The number of carboxylic acid groups (broad SMARTS) is 1. The first-order chi connectivity index (χ1) is 10.3. The number of hydrogen-bond acceptors (Lipinski definition) is 3. The molecule has 4 nitrogen and oxygen atoms in total. The largest absolute Gasteiger partial charge is 0.481 e. The number of likely N-dealkylation sites (tertiary alicyclic amines) is 1. The maximum atomic E-state index is 11.4. The minimum absolute atomic E-state index is 0.340. The summed E-state index contributed by atoms with van der Waals surface area (Å²) in [6, 6.07) is 8.00. The Morgan fingerprint density at radius 3 is 2.62 bits per heavy atom. The zero-order valence-corrected chi connectivity index (χ0v) is 12.5. The van der Waals surface area contributed by atoms with Crippen molar-refractivity contribution in [2.24, 2.45) is 0 Å². The molecule has 0 aliphatic carbocycles. The zero-order chi connectivity index (χ0) is 14.7. The normalized spacial score (nSPS) is 22.9. The number of hydrogen-bond donors (Lipinski definition) is 1. The number of para-hydroxylation sites is 1. The van der Waals surface area contributed by atoms with Gasteiger partial charge < -0.3 is 14.9 Å². The highest BCUT2D eigenvalue weighted by atomic mass is 16.4. The number of nitrogens with zero attached hydrogens (tertiary/aromatic N) is 2. The second-order valence-electron chi connectivity index (χ2n) is 6.13. The van der Waals surface area contributed by atoms with E-state index < -0.39 is 5.97 Å². The van der Waals surface area contributed by atoms with E-state index in [2.05, 4.69) is 15.9 Å². The summed E-state index contributed by atoms with van der Waals surface area (Å²) in [6.07, 6.45) is 4.71. The summed E-state index contributed by atoms with van der Waals surface area (Å²) < 4.78 is 0. The molecule has 1 N–H and O–H groups in total. The number of piperidine rings is 1. The lowest BCUT2D eigenvalue weighted by Gasteiger charge is -2.36. The van der Waals surface area contributed by atoms with Crippen LogP contribution in [-0.2, 0) is 4.79 Å². The van der Waals surface area contributed by atoms with Crippen molar-refractivity contribution in [1.29, 1.82) is 0 Å². The van der Waals surface area contributed by atoms with Crippen LogP contribution in [0.5, 0.6) is 0 Å². The summed E-state index contributed by atoms with van der Waals surface area (Å²) in [6.45, 7) is 5.37. The van der Waals surface area contributed by atoms with Gasteiger partial charge in [-0.15, -0.1) is 0 Å². The highest BCUT2D eigenvalue weighted by molar-refractivity contribution is 5.80. The van der Waals surface area contributed by atoms with E-state index in [-0.39, 0.29) is 5.92 Å². The van der Waals surface area contributed by atoms with E-state index >= 15 is 0 Å². The molecule has 0 amide bonds. The van der Waals surface area contributed by atoms with E-state index in [9.17, 15) is 9.90 Å². The fraction of sp³-hybridized carbons (Fsp3) is 0.588. The van der Waals surface area contributed by atoms with Crippen LogP contribution in [-0.4, -0.2) is 48.7 Å². The lowest BCUT2D eigenvalue weighted by atomic mass is 9.90. The predicted octanol–water partition coefficient (Wildman–Crippen LogP) is 2.55. The summed E-state index contributed by atoms with van der Waals surface area (Å²) in [5.41, 5.74) is 2.10. The molecule has 2 aliphatic heterocycles. The van der Waals surface area contributed by atoms with Crippen LogP contribution >= 0.6 is 0 Å². The minimum atomic E-state index is -0.696. The van der Waals surface area contributed by atoms with Gasteiger partial charge in [-0.3, -0.25) is 4.79 Å². The third-order valence-electron chi connectivity index (χ3n) is 4.77. The van der Waals surface area contributed by atoms with Crippen LogP contribution in [0.25, 0.3) is 0 Å². The maximum Gasteiger partial charge on any atom is 0.311 e. The van der Waals surface area contributed by atoms with Crippen LogP contribution in [0.1, 0.15) is 37.2 Å². The first-order valence-electron chi connectivity index (χ1n) is 8.05. The molecule has 3 rings (SSSR count). The van der Waals surface area contributed by atoms with Gasteiger partial charge >= 0.3 is 5.97 Å². The number of benzene rings is 1. The number of fused-ring (bicyclic) bond motifs is 1. The average molecular weight is 288 g/mol. The molecular formula is C17H24N2O2. The molecule has 0 spiro atoms. The Morgan fingerprint density at radius 1 is 1.10 bits per heavy atom. The monoisotopic (exact) mass is 288 g/mol. The predicted molar refractivity (Wildman–Crippen MR) is 83.9 cm³/mol. The van der Waals surface area contributed by atoms with E-state index in [4.69, 9.17) is 0 Å². The van der Waals surface area contributed by atoms with E-state index in [1.807, 2.05) is 18.2 Å². The van der Waals surface area contributed by atoms with Crippen LogP contribution in [0.15, 0.2) is 24.3 Å². The first-order valence-corrected chi connectivity index (χ1v) is 8.05. The van der Waals surface area contributed by atoms with Gasteiger partial charge in [-0.2, -0.15) is 0 Å². The van der Waals surface area contributed by atoms with Gasteiger partial charge in [0.1, 0.15) is 0 Å². The zero-order valence-electron chi connectivity index (χ0n) is 12.5. The average Bonchev–Trinajstić information content (AvgIpc) is 2.53. The molecule has 0 saturated carbocycles. The molecule has 114 valence electrons. The number of rotatable bonds is 4. The molecular weight excluding hydrogens is 264 g/mol. The standard InChI is InChI=1S/C17H24N2O2/c20-17(21)15-8-11-19(16-7-3-2-6-14(15)16)13-12-18-9-4-1-5-10-18/h2-3,6-7,15H,1,4-5,8-13H2,(H,20,21). The Bertz CT molecular complexity index is 497. The van der Waals surface area contributed by atoms with Gasteiger partial charge in [0, 0.05) is 25.3 Å². The molecule has 0 bridgehead atoms. The lowest BCUT2D eigenvalue weighted by Crippen LogP contribution is -2.41. The Morgan fingerprint density at radius 2 is 1.86 bits per heavy atom. The summed E-state index contributed by atoms with van der Waals surface area (Å²) in [5.74, 6) is -1.04. The van der Waals surface area contributed by atoms with Crippen molar-refractivity contribution >= 4 is 11.7 Å². The molecule has 1 fully saturated rings. The van der Waals surface area contributed by atoms with Crippen molar-refractivity contribution in [2.45, 2.75) is 31.6 Å². The summed E-state index contributed by atoms with van der Waals surface area (Å²) in [4.78, 5) is 16.3. The topological polar surface area (TPSA) is 43.8 Å². The maximum absolute atomic E-state index is 11.4. The summed E-state index contributed by atoms with van der Waals surface area (Å²) >= 11 is 0. The number of anilines is 1. The van der Waals surface area contributed by atoms with Crippen LogP contribution < -0.4 is 4.90 Å². The van der Waals surface area contributed by atoms with Gasteiger partial charge in [-0.1, -0.05) is 24.6 Å². The highest BCUT2D eigenvalue weighted by Gasteiger charge is 2.29. The summed E-state index contributed by atoms with van der Waals surface area (Å²) in [5, 5.41) is 9.38. The third-order valence-corrected chi connectivity index (χ3v) is 4.77. The van der Waals surface area contributed by atoms with Gasteiger partial charge in [0.2, 0.25) is 0 Å². The van der Waals surface area contributed by atoms with Gasteiger partial charge in [0.15, 0.2) is 0 Å². The van der Waals surface area contributed by atoms with Gasteiger partial charge in [0.05, 0.1) is 5.92 Å². The van der Waals surface area contributed by atoms with Gasteiger partial charge in [0.25, 0.3) is 0 Å². The van der Waals surface area contributed by atoms with Crippen LogP contribution in [0.3, 0.4) is 0 Å². The Kier molecular flexibility index (Phi) is 4.44. The van der Waals surface area contributed by atoms with Crippen molar-refractivity contribution < 1.29 is 9.90 Å². The first kappa shape index (κ1) is 14.4. The number of carboxylic acids is 1. The molecule has 2 aliphatic rings. The minimum Gasteiger partial charge on any atom is -0.481 e. The Labute approximate surface area is 126 Å². The molecule has 0 aromatic heterocycles. The SMILES string of the molecule is O=C(O)C1CCN(CCN2CCCCC2)c2ccccc21. The van der Waals surface area contributed by atoms with E-state index in [1.165, 1.54) is 32.4 Å². The second-order valence-corrected chi connectivity index (χ2v) is 6.13. The quantitative estimate of drug-likeness (QED) is 0.924. The van der Waals surface area contributed by atoms with Gasteiger partial charge in [-0.05, 0) is 44.0 Å². The lowest BCUT2D eigenvalue weighted by molar-refractivity contribution is -0.139. The van der Waals surface area contributed by atoms with Crippen molar-refractivity contribution in [3.8, 4) is 0 Å². The van der Waals surface area contributed by atoms with Crippen molar-refractivity contribution in [3.63, 3.8) is 0 Å². The molecule has 1 aromatic rings. The van der Waals surface area contributed by atoms with Crippen molar-refractivity contribution in [2.75, 3.05) is 37.6 Å². The number of aliphatic carboxylic acids is 1. The highest BCUT2D eigenvalue weighted by Crippen LogP contribution is 2.35. The number of carbonyl (C=O) groups is 1. The van der Waals surface area contributed by atoms with Crippen LogP contribution in [0.2, 0.25) is 0 Å². The molecule has 1 saturated heterocycles. The summed E-state index contributed by atoms with van der Waals surface area (Å²) in [7, 11) is 0. The van der Waals surface area contributed by atoms with E-state index in [0.29, 0.717) is 6.42 Å². The molecule has 4 heteroatoms. The van der Waals surface area contributed by atoms with Crippen LogP contribution in [0.4, 0.5) is 5.69 Å². The van der Waals surface area contributed by atoms with E-state index in [0.717, 1.165) is 30.9 Å². The molecule has 21 heavy (non-hydrogen) atoms. The fourth-order valence-corrected chi connectivity index (χ4v) is 3.56. The smallest absolute Gasteiger partial charge is 0.311 e. The van der Waals surface area contributed by atoms with Crippen LogP contribution in [0, 0.1) is 0 Å². The Hall–Kier alpha value is -1.55. The fourth-order valence-electron chi connectivity index (χ4n) is 3.56. The molecule has 1 aromatic carbocycles. The second kappa shape index (κ2) is 6.48. The molecule has 0 radical (unpaired) electrons. The van der Waals surface area contributed by atoms with E-state index in [1.54, 1.807) is 0 Å². The molecule has 1 atom stereocenters. The van der Waals surface area contributed by atoms with Crippen molar-refractivity contribution in [1.82, 2.24) is 4.90 Å². The van der Waals surface area contributed by atoms with Gasteiger partial charge in [-0.25, -0.2) is 0 Å². The third kappa shape index (κ3) is 3.21. The Balaban J connectivity index is 1.69.